The van der Waals surface area contributed by atoms with E-state index in [9.17, 15) is 14.4 Å². The van der Waals surface area contributed by atoms with Gasteiger partial charge >= 0.3 is 0 Å². The molecule has 1 heterocycles. The molecule has 2 aromatic carbocycles. The van der Waals surface area contributed by atoms with Gasteiger partial charge in [-0.25, -0.2) is 0 Å². The van der Waals surface area contributed by atoms with Crippen LogP contribution in [0.1, 0.15) is 29.8 Å². The van der Waals surface area contributed by atoms with Gasteiger partial charge in [0.05, 0.1) is 0 Å². The number of para-hydroxylation sites is 1. The second-order valence-corrected chi connectivity index (χ2v) is 8.00. The van der Waals surface area contributed by atoms with E-state index < -0.39 is 6.04 Å². The summed E-state index contributed by atoms with van der Waals surface area (Å²) in [7, 11) is 0. The number of nitrogens with zero attached hydrogens (tertiary/aromatic N) is 1. The van der Waals surface area contributed by atoms with Gasteiger partial charge in [-0.05, 0) is 47.9 Å². The Bertz CT molecular complexity index is 1100. The van der Waals surface area contributed by atoms with Crippen molar-refractivity contribution in [3.05, 3.63) is 90.3 Å². The number of aromatic nitrogens is 1. The molecule has 0 spiro atoms. The number of ether oxygens (including phenoxy) is 1. The van der Waals surface area contributed by atoms with Crippen LogP contribution in [0, 0.1) is 5.92 Å². The van der Waals surface area contributed by atoms with Gasteiger partial charge in [0.25, 0.3) is 11.8 Å². The molecule has 3 rings (SSSR count). The van der Waals surface area contributed by atoms with Crippen molar-refractivity contribution in [3.8, 4) is 5.75 Å². The first-order valence-corrected chi connectivity index (χ1v) is 11.0. The predicted octanol–water partition coefficient (Wildman–Crippen LogP) is 3.17. The summed E-state index contributed by atoms with van der Waals surface area (Å²) in [5.41, 5.74) is 1.92. The van der Waals surface area contributed by atoms with E-state index >= 15 is 0 Å². The Balaban J connectivity index is 1.52. The Morgan fingerprint density at radius 1 is 0.941 bits per heavy atom. The fourth-order valence-electron chi connectivity index (χ4n) is 3.18. The zero-order valence-electron chi connectivity index (χ0n) is 19.2. The molecule has 3 N–H and O–H groups in total. The van der Waals surface area contributed by atoms with E-state index in [1.165, 1.54) is 0 Å². The van der Waals surface area contributed by atoms with Crippen molar-refractivity contribution in [2.45, 2.75) is 26.4 Å². The van der Waals surface area contributed by atoms with E-state index in [4.69, 9.17) is 4.74 Å². The first-order valence-electron chi connectivity index (χ1n) is 11.0. The number of hydrogen-bond donors (Lipinski definition) is 3. The molecular formula is C26H28N4O4. The second-order valence-electron chi connectivity index (χ2n) is 8.00. The lowest BCUT2D eigenvalue weighted by Gasteiger charge is -2.22. The molecule has 0 aliphatic heterocycles. The number of nitrogens with one attached hydrogen (secondary N) is 3. The molecule has 0 aliphatic rings. The fraction of sp³-hybridized carbons (Fsp3) is 0.231. The molecule has 1 atom stereocenters. The smallest absolute Gasteiger partial charge is 0.258 e. The first-order chi connectivity index (χ1) is 16.4. The minimum atomic E-state index is -0.707. The van der Waals surface area contributed by atoms with Crippen LogP contribution in [0.3, 0.4) is 0 Å². The van der Waals surface area contributed by atoms with Crippen LogP contribution in [0.2, 0.25) is 0 Å². The summed E-state index contributed by atoms with van der Waals surface area (Å²) in [6, 6.07) is 18.8. The van der Waals surface area contributed by atoms with Gasteiger partial charge < -0.3 is 20.7 Å². The van der Waals surface area contributed by atoms with Crippen molar-refractivity contribution < 1.29 is 19.1 Å². The van der Waals surface area contributed by atoms with Gasteiger partial charge in [0, 0.05) is 30.2 Å². The van der Waals surface area contributed by atoms with E-state index in [1.807, 2.05) is 38.1 Å². The number of carbonyl (C=O) groups is 3. The first kappa shape index (κ1) is 24.4. The molecule has 1 unspecified atom stereocenters. The lowest BCUT2D eigenvalue weighted by atomic mass is 10.0. The molecule has 34 heavy (non-hydrogen) atoms. The molecule has 3 aromatic rings. The van der Waals surface area contributed by atoms with Crippen LogP contribution in [0.15, 0.2) is 79.1 Å². The van der Waals surface area contributed by atoms with E-state index in [2.05, 4.69) is 20.9 Å². The van der Waals surface area contributed by atoms with Crippen molar-refractivity contribution in [3.63, 3.8) is 0 Å². The topological polar surface area (TPSA) is 109 Å². The van der Waals surface area contributed by atoms with Crippen molar-refractivity contribution in [2.24, 2.45) is 5.92 Å². The number of carbonyl (C=O) groups excluding carboxylic acids is 3. The van der Waals surface area contributed by atoms with E-state index in [1.54, 1.807) is 54.9 Å². The largest absolute Gasteiger partial charge is 0.484 e. The zero-order chi connectivity index (χ0) is 24.3. The van der Waals surface area contributed by atoms with E-state index in [0.717, 1.165) is 5.56 Å². The number of benzene rings is 2. The van der Waals surface area contributed by atoms with Gasteiger partial charge in [0.2, 0.25) is 5.91 Å². The summed E-state index contributed by atoms with van der Waals surface area (Å²) >= 11 is 0. The van der Waals surface area contributed by atoms with Gasteiger partial charge in [-0.1, -0.05) is 44.2 Å². The summed E-state index contributed by atoms with van der Waals surface area (Å²) in [5, 5.41) is 8.43. The van der Waals surface area contributed by atoms with Crippen LogP contribution in [0.5, 0.6) is 5.75 Å². The Morgan fingerprint density at radius 3 is 2.38 bits per heavy atom. The summed E-state index contributed by atoms with van der Waals surface area (Å²) < 4.78 is 5.45. The van der Waals surface area contributed by atoms with Crippen molar-refractivity contribution in [2.75, 3.05) is 11.9 Å². The molecule has 1 aromatic heterocycles. The average Bonchev–Trinajstić information content (AvgIpc) is 2.86. The summed E-state index contributed by atoms with van der Waals surface area (Å²) in [4.78, 5) is 41.3. The molecule has 0 saturated carbocycles. The van der Waals surface area contributed by atoms with Crippen LogP contribution in [-0.4, -0.2) is 35.4 Å². The molecule has 0 fully saturated rings. The minimum absolute atomic E-state index is 0.119. The zero-order valence-corrected chi connectivity index (χ0v) is 19.2. The second kappa shape index (κ2) is 12.2. The molecule has 8 heteroatoms. The standard InChI is InChI=1S/C26H28N4O4/c1-18(2)24(30-23(31)17-34-22-9-4-3-5-10-22)26(33)28-16-19-7-6-8-21(15-19)29-25(32)20-11-13-27-14-12-20/h3-15,18,24H,16-17H2,1-2H3,(H,28,33)(H,29,32)(H,30,31). The Hall–Kier alpha value is -4.20. The molecule has 0 aliphatic carbocycles. The molecule has 0 radical (unpaired) electrons. The maximum absolute atomic E-state index is 12.8. The molecule has 0 bridgehead atoms. The third-order valence-corrected chi connectivity index (χ3v) is 4.97. The summed E-state index contributed by atoms with van der Waals surface area (Å²) in [5.74, 6) is -0.456. The molecular weight excluding hydrogens is 432 g/mol. The maximum Gasteiger partial charge on any atom is 0.258 e. The summed E-state index contributed by atoms with van der Waals surface area (Å²) in [6.07, 6.45) is 3.11. The monoisotopic (exact) mass is 460 g/mol. The van der Waals surface area contributed by atoms with Crippen molar-refractivity contribution in [1.29, 1.82) is 0 Å². The number of anilines is 1. The highest BCUT2D eigenvalue weighted by atomic mass is 16.5. The number of rotatable bonds is 10. The Labute approximate surface area is 198 Å². The van der Waals surface area contributed by atoms with Crippen LogP contribution in [0.4, 0.5) is 5.69 Å². The molecule has 176 valence electrons. The van der Waals surface area contributed by atoms with Gasteiger partial charge in [0.1, 0.15) is 11.8 Å². The van der Waals surface area contributed by atoms with Gasteiger partial charge in [-0.15, -0.1) is 0 Å². The van der Waals surface area contributed by atoms with Gasteiger partial charge in [-0.2, -0.15) is 0 Å². The van der Waals surface area contributed by atoms with Gasteiger partial charge in [0.15, 0.2) is 6.61 Å². The van der Waals surface area contributed by atoms with E-state index in [-0.39, 0.29) is 36.8 Å². The van der Waals surface area contributed by atoms with Crippen LogP contribution < -0.4 is 20.7 Å². The van der Waals surface area contributed by atoms with Crippen molar-refractivity contribution in [1.82, 2.24) is 15.6 Å². The maximum atomic E-state index is 12.8. The highest BCUT2D eigenvalue weighted by Gasteiger charge is 2.24. The third kappa shape index (κ3) is 7.44. The minimum Gasteiger partial charge on any atom is -0.484 e. The highest BCUT2D eigenvalue weighted by molar-refractivity contribution is 6.04. The van der Waals surface area contributed by atoms with Crippen LogP contribution >= 0.6 is 0 Å². The number of amides is 3. The van der Waals surface area contributed by atoms with E-state index in [0.29, 0.717) is 17.0 Å². The Kier molecular flexibility index (Phi) is 8.73. The van der Waals surface area contributed by atoms with Gasteiger partial charge in [-0.3, -0.25) is 19.4 Å². The third-order valence-electron chi connectivity index (χ3n) is 4.97. The highest BCUT2D eigenvalue weighted by Crippen LogP contribution is 2.13. The fourth-order valence-corrected chi connectivity index (χ4v) is 3.18. The molecule has 0 saturated heterocycles. The number of pyridine rings is 1. The number of hydrogen-bond acceptors (Lipinski definition) is 5. The normalized spacial score (nSPS) is 11.4. The lowest BCUT2D eigenvalue weighted by molar-refractivity contribution is -0.131. The molecule has 3 amide bonds. The summed E-state index contributed by atoms with van der Waals surface area (Å²) in [6.45, 7) is 3.78. The average molecular weight is 461 g/mol. The quantitative estimate of drug-likeness (QED) is 0.431. The van der Waals surface area contributed by atoms with Crippen LogP contribution in [-0.2, 0) is 16.1 Å². The predicted molar refractivity (Wildman–Crippen MR) is 129 cm³/mol. The van der Waals surface area contributed by atoms with Crippen LogP contribution in [0.25, 0.3) is 0 Å². The Morgan fingerprint density at radius 2 is 1.68 bits per heavy atom. The SMILES string of the molecule is CC(C)C(NC(=O)COc1ccccc1)C(=O)NCc1cccc(NC(=O)c2ccncc2)c1. The lowest BCUT2D eigenvalue weighted by Crippen LogP contribution is -2.50. The van der Waals surface area contributed by atoms with Crippen molar-refractivity contribution >= 4 is 23.4 Å². The molecule has 8 nitrogen and oxygen atoms in total.